The van der Waals surface area contributed by atoms with Crippen LogP contribution in [0.2, 0.25) is 0 Å². The van der Waals surface area contributed by atoms with Gasteiger partial charge in [-0.25, -0.2) is 4.79 Å². The Morgan fingerprint density at radius 1 is 1.14 bits per heavy atom. The summed E-state index contributed by atoms with van der Waals surface area (Å²) in [6, 6.07) is 11.6. The van der Waals surface area contributed by atoms with Crippen molar-refractivity contribution in [1.29, 1.82) is 0 Å². The molecule has 0 aliphatic heterocycles. The zero-order chi connectivity index (χ0) is 15.0. The van der Waals surface area contributed by atoms with Crippen molar-refractivity contribution < 1.29 is 9.90 Å². The first-order chi connectivity index (χ1) is 10.1. The van der Waals surface area contributed by atoms with Gasteiger partial charge in [-0.3, -0.25) is 4.98 Å². The zero-order valence-electron chi connectivity index (χ0n) is 12.2. The fourth-order valence-corrected chi connectivity index (χ4v) is 2.41. The fourth-order valence-electron chi connectivity index (χ4n) is 2.41. The second-order valence-corrected chi connectivity index (χ2v) is 5.65. The van der Waals surface area contributed by atoms with Crippen LogP contribution in [0.3, 0.4) is 0 Å². The Labute approximate surface area is 124 Å². The lowest BCUT2D eigenvalue weighted by molar-refractivity contribution is 0.0695. The van der Waals surface area contributed by atoms with E-state index in [9.17, 15) is 9.90 Å². The van der Waals surface area contributed by atoms with Crippen LogP contribution >= 0.6 is 0 Å². The lowest BCUT2D eigenvalue weighted by Gasteiger charge is -2.13. The van der Waals surface area contributed by atoms with Crippen LogP contribution in [0.1, 0.15) is 34.8 Å². The summed E-state index contributed by atoms with van der Waals surface area (Å²) in [6.07, 6.45) is 2.08. The summed E-state index contributed by atoms with van der Waals surface area (Å²) in [4.78, 5) is 17.9. The van der Waals surface area contributed by atoms with Crippen molar-refractivity contribution in [1.82, 2.24) is 4.98 Å². The highest BCUT2D eigenvalue weighted by Crippen LogP contribution is 2.41. The normalized spacial score (nSPS) is 14.0. The number of anilines is 1. The summed E-state index contributed by atoms with van der Waals surface area (Å²) in [5.41, 5.74) is 4.05. The Morgan fingerprint density at radius 3 is 2.33 bits per heavy atom. The molecule has 0 saturated heterocycles. The minimum Gasteiger partial charge on any atom is -0.478 e. The van der Waals surface area contributed by atoms with Gasteiger partial charge in [-0.2, -0.15) is 0 Å². The second kappa shape index (κ2) is 5.20. The Morgan fingerprint density at radius 2 is 1.81 bits per heavy atom. The third kappa shape index (κ3) is 2.75. The summed E-state index contributed by atoms with van der Waals surface area (Å²) in [5, 5.41) is 9.26. The summed E-state index contributed by atoms with van der Waals surface area (Å²) in [7, 11) is 4.00. The number of carboxylic acids is 1. The maximum Gasteiger partial charge on any atom is 0.337 e. The molecule has 1 aromatic carbocycles. The van der Waals surface area contributed by atoms with E-state index in [4.69, 9.17) is 0 Å². The molecule has 4 heteroatoms. The molecular weight excluding hydrogens is 264 g/mol. The molecule has 1 aromatic heterocycles. The van der Waals surface area contributed by atoms with E-state index in [2.05, 4.69) is 4.98 Å². The molecule has 1 aliphatic rings. The number of rotatable bonds is 4. The molecule has 4 nitrogen and oxygen atoms in total. The Kier molecular flexibility index (Phi) is 3.37. The Hall–Kier alpha value is -2.36. The molecule has 0 amide bonds. The number of hydrogen-bond acceptors (Lipinski definition) is 3. The fraction of sp³-hybridized carbons (Fsp3) is 0.294. The average molecular weight is 282 g/mol. The predicted molar refractivity (Wildman–Crippen MR) is 82.9 cm³/mol. The van der Waals surface area contributed by atoms with E-state index in [0.717, 1.165) is 35.5 Å². The number of hydrogen-bond donors (Lipinski definition) is 1. The largest absolute Gasteiger partial charge is 0.478 e. The molecule has 0 unspecified atom stereocenters. The van der Waals surface area contributed by atoms with Crippen LogP contribution in [0.25, 0.3) is 11.3 Å². The van der Waals surface area contributed by atoms with Gasteiger partial charge in [0.25, 0.3) is 0 Å². The number of aromatic nitrogens is 1. The van der Waals surface area contributed by atoms with Gasteiger partial charge in [-0.15, -0.1) is 0 Å². The summed E-state index contributed by atoms with van der Waals surface area (Å²) in [6.45, 7) is 0. The minimum atomic E-state index is -0.890. The molecule has 1 aliphatic carbocycles. The molecular formula is C17H18N2O2. The summed E-state index contributed by atoms with van der Waals surface area (Å²) in [5.74, 6) is -0.573. The van der Waals surface area contributed by atoms with Gasteiger partial charge in [0.05, 0.1) is 17.0 Å². The number of benzene rings is 1. The van der Waals surface area contributed by atoms with Gasteiger partial charge in [0, 0.05) is 31.3 Å². The van der Waals surface area contributed by atoms with E-state index in [0.29, 0.717) is 11.5 Å². The lowest BCUT2D eigenvalue weighted by Crippen LogP contribution is -2.08. The lowest BCUT2D eigenvalue weighted by atomic mass is 10.1. The van der Waals surface area contributed by atoms with Crippen LogP contribution in [-0.4, -0.2) is 30.2 Å². The molecule has 0 spiro atoms. The van der Waals surface area contributed by atoms with Gasteiger partial charge in [-0.05, 0) is 37.1 Å². The summed E-state index contributed by atoms with van der Waals surface area (Å²) >= 11 is 0. The van der Waals surface area contributed by atoms with Gasteiger partial charge in [0.2, 0.25) is 0 Å². The van der Waals surface area contributed by atoms with Crippen LogP contribution in [0.15, 0.2) is 36.4 Å². The van der Waals surface area contributed by atoms with E-state index in [1.165, 1.54) is 0 Å². The highest BCUT2D eigenvalue weighted by atomic mass is 16.4. The first-order valence-electron chi connectivity index (χ1n) is 7.08. The molecule has 1 heterocycles. The minimum absolute atomic E-state index is 0.317. The molecule has 0 bridgehead atoms. The quantitative estimate of drug-likeness (QED) is 0.934. The van der Waals surface area contributed by atoms with Gasteiger partial charge < -0.3 is 10.0 Å². The number of aromatic carboxylic acids is 1. The van der Waals surface area contributed by atoms with E-state index in [1.54, 1.807) is 12.1 Å². The van der Waals surface area contributed by atoms with Crippen molar-refractivity contribution in [3.8, 4) is 11.3 Å². The van der Waals surface area contributed by atoms with Gasteiger partial charge in [-0.1, -0.05) is 12.1 Å². The topological polar surface area (TPSA) is 53.4 Å². The molecule has 21 heavy (non-hydrogen) atoms. The van der Waals surface area contributed by atoms with E-state index in [1.807, 2.05) is 43.3 Å². The summed E-state index contributed by atoms with van der Waals surface area (Å²) < 4.78 is 0. The first kappa shape index (κ1) is 13.6. The third-order valence-corrected chi connectivity index (χ3v) is 3.80. The molecule has 1 fully saturated rings. The SMILES string of the molecule is CN(C)c1ccc(-c2ccc(C(=O)O)c(C3CC3)n2)cc1. The van der Waals surface area contributed by atoms with Crippen LogP contribution in [0.4, 0.5) is 5.69 Å². The van der Waals surface area contributed by atoms with Crippen LogP contribution < -0.4 is 4.90 Å². The Bertz CT molecular complexity index is 674. The van der Waals surface area contributed by atoms with Crippen LogP contribution in [0, 0.1) is 0 Å². The zero-order valence-corrected chi connectivity index (χ0v) is 12.2. The molecule has 1 N–H and O–H groups in total. The van der Waals surface area contributed by atoms with E-state index >= 15 is 0 Å². The Balaban J connectivity index is 1.98. The monoisotopic (exact) mass is 282 g/mol. The van der Waals surface area contributed by atoms with Crippen molar-refractivity contribution in [2.24, 2.45) is 0 Å². The van der Waals surface area contributed by atoms with Gasteiger partial charge >= 0.3 is 5.97 Å². The molecule has 2 aromatic rings. The van der Waals surface area contributed by atoms with Crippen LogP contribution in [-0.2, 0) is 0 Å². The first-order valence-corrected chi connectivity index (χ1v) is 7.08. The maximum atomic E-state index is 11.3. The van der Waals surface area contributed by atoms with Gasteiger partial charge in [0.15, 0.2) is 0 Å². The highest BCUT2D eigenvalue weighted by molar-refractivity contribution is 5.89. The smallest absolute Gasteiger partial charge is 0.337 e. The molecule has 3 rings (SSSR count). The van der Waals surface area contributed by atoms with E-state index < -0.39 is 5.97 Å². The number of pyridine rings is 1. The van der Waals surface area contributed by atoms with Crippen molar-refractivity contribution in [2.45, 2.75) is 18.8 Å². The number of nitrogens with zero attached hydrogens (tertiary/aromatic N) is 2. The predicted octanol–water partition coefficient (Wildman–Crippen LogP) is 3.39. The highest BCUT2D eigenvalue weighted by Gasteiger charge is 2.30. The third-order valence-electron chi connectivity index (χ3n) is 3.80. The van der Waals surface area contributed by atoms with E-state index in [-0.39, 0.29) is 0 Å². The van der Waals surface area contributed by atoms with Crippen molar-refractivity contribution in [3.05, 3.63) is 47.7 Å². The second-order valence-electron chi connectivity index (χ2n) is 5.65. The standard InChI is InChI=1S/C17H18N2O2/c1-19(2)13-7-5-11(6-8-13)15-10-9-14(17(20)21)16(18-15)12-3-4-12/h5-10,12H,3-4H2,1-2H3,(H,20,21). The van der Waals surface area contributed by atoms with Crippen LogP contribution in [0.5, 0.6) is 0 Å². The van der Waals surface area contributed by atoms with Gasteiger partial charge in [0.1, 0.15) is 0 Å². The van der Waals surface area contributed by atoms with Crippen molar-refractivity contribution in [2.75, 3.05) is 19.0 Å². The average Bonchev–Trinajstić information content (AvgIpc) is 3.31. The van der Waals surface area contributed by atoms with Crippen molar-refractivity contribution in [3.63, 3.8) is 0 Å². The van der Waals surface area contributed by atoms with Crippen molar-refractivity contribution >= 4 is 11.7 Å². The number of carboxylic acid groups (broad SMARTS) is 1. The number of carbonyl (C=O) groups is 1. The molecule has 108 valence electrons. The maximum absolute atomic E-state index is 11.3. The molecule has 1 saturated carbocycles. The molecule has 0 radical (unpaired) electrons. The molecule has 0 atom stereocenters.